The highest BCUT2D eigenvalue weighted by atomic mass is 16.2. The Balaban J connectivity index is 1.95. The Morgan fingerprint density at radius 2 is 1.33 bits per heavy atom. The van der Waals surface area contributed by atoms with Crippen molar-refractivity contribution in [3.63, 3.8) is 0 Å². The van der Waals surface area contributed by atoms with Gasteiger partial charge in [0.05, 0.1) is 0 Å². The maximum absolute atomic E-state index is 11.2. The molecule has 0 unspecified atom stereocenters. The summed E-state index contributed by atoms with van der Waals surface area (Å²) in [6.45, 7) is 3.22. The minimum absolute atomic E-state index is 0.355. The molecule has 0 bridgehead atoms. The smallest absolute Gasteiger partial charge is 0.225 e. The molecule has 0 aliphatic carbocycles. The number of rotatable bonds is 15. The Labute approximate surface area is 147 Å². The first-order valence-electron chi connectivity index (χ1n) is 9.61. The van der Waals surface area contributed by atoms with Crippen molar-refractivity contribution in [3.05, 3.63) is 29.8 Å². The Bertz CT molecular complexity index is 453. The summed E-state index contributed by atoms with van der Waals surface area (Å²) in [5.41, 5.74) is 1.45. The van der Waals surface area contributed by atoms with E-state index >= 15 is 0 Å². The summed E-state index contributed by atoms with van der Waals surface area (Å²) in [6.07, 6.45) is 15.2. The van der Waals surface area contributed by atoms with Gasteiger partial charge in [-0.1, -0.05) is 71.1 Å². The fourth-order valence-corrected chi connectivity index (χ4v) is 2.84. The van der Waals surface area contributed by atoms with Crippen LogP contribution in [0.4, 0.5) is 5.69 Å². The fourth-order valence-electron chi connectivity index (χ4n) is 2.84. The molecule has 0 amide bonds. The third kappa shape index (κ3) is 9.49. The fraction of sp³-hybridized carbons (Fsp3) is 0.619. The number of hydrogen-bond donors (Lipinski definition) is 1. The highest BCUT2D eigenvalue weighted by molar-refractivity contribution is 6.33. The van der Waals surface area contributed by atoms with E-state index in [0.717, 1.165) is 12.2 Å². The molecular formula is C21H33NO2. The summed E-state index contributed by atoms with van der Waals surface area (Å²) < 4.78 is 0. The van der Waals surface area contributed by atoms with E-state index in [1.807, 2.05) is 12.1 Å². The van der Waals surface area contributed by atoms with Crippen molar-refractivity contribution in [2.75, 3.05) is 11.9 Å². The zero-order valence-electron chi connectivity index (χ0n) is 15.2. The van der Waals surface area contributed by atoms with Crippen LogP contribution in [0.2, 0.25) is 0 Å². The van der Waals surface area contributed by atoms with Crippen LogP contribution in [0.5, 0.6) is 0 Å². The van der Waals surface area contributed by atoms with Gasteiger partial charge in [-0.25, -0.2) is 0 Å². The molecule has 1 aromatic rings. The van der Waals surface area contributed by atoms with E-state index in [-0.39, 0.29) is 0 Å². The molecule has 1 rings (SSSR count). The molecule has 0 heterocycles. The highest BCUT2D eigenvalue weighted by Gasteiger charge is 2.02. The summed E-state index contributed by atoms with van der Waals surface area (Å²) in [6, 6.07) is 7.10. The lowest BCUT2D eigenvalue weighted by molar-refractivity contribution is -0.104. The average Bonchev–Trinajstić information content (AvgIpc) is 2.62. The molecule has 3 heteroatoms. The lowest BCUT2D eigenvalue weighted by Gasteiger charge is -2.07. The van der Waals surface area contributed by atoms with E-state index in [4.69, 9.17) is 0 Å². The zero-order valence-corrected chi connectivity index (χ0v) is 15.2. The summed E-state index contributed by atoms with van der Waals surface area (Å²) in [4.78, 5) is 21.6. The van der Waals surface area contributed by atoms with Crippen molar-refractivity contribution < 1.29 is 9.59 Å². The number of Topliss-reactive ketones (excluding diaryl/α,β-unsaturated/α-hetero) is 1. The number of nitrogens with one attached hydrogen (secondary N) is 1. The lowest BCUT2D eigenvalue weighted by Crippen LogP contribution is -2.03. The largest absolute Gasteiger partial charge is 0.385 e. The molecule has 1 aromatic carbocycles. The van der Waals surface area contributed by atoms with Crippen molar-refractivity contribution in [2.45, 2.75) is 77.6 Å². The molecule has 0 aliphatic rings. The van der Waals surface area contributed by atoms with Gasteiger partial charge < -0.3 is 5.32 Å². The van der Waals surface area contributed by atoms with Crippen LogP contribution in [0.3, 0.4) is 0 Å². The van der Waals surface area contributed by atoms with Gasteiger partial charge in [-0.3, -0.25) is 9.59 Å². The van der Waals surface area contributed by atoms with E-state index in [1.165, 1.54) is 70.6 Å². The van der Waals surface area contributed by atoms with Crippen LogP contribution in [0.15, 0.2) is 24.3 Å². The van der Waals surface area contributed by atoms with Crippen LogP contribution >= 0.6 is 0 Å². The van der Waals surface area contributed by atoms with Gasteiger partial charge >= 0.3 is 0 Å². The summed E-state index contributed by atoms with van der Waals surface area (Å²) in [5, 5.41) is 3.36. The molecule has 134 valence electrons. The van der Waals surface area contributed by atoms with Crippen LogP contribution in [-0.2, 0) is 4.79 Å². The van der Waals surface area contributed by atoms with Gasteiger partial charge in [0.15, 0.2) is 6.29 Å². The molecule has 0 spiro atoms. The quantitative estimate of drug-likeness (QED) is 0.191. The first-order chi connectivity index (χ1) is 11.8. The molecule has 0 atom stereocenters. The Morgan fingerprint density at radius 3 is 1.83 bits per heavy atom. The summed E-state index contributed by atoms with van der Waals surface area (Å²) in [5.74, 6) is -0.466. The zero-order chi connectivity index (χ0) is 17.5. The predicted molar refractivity (Wildman–Crippen MR) is 102 cm³/mol. The minimum Gasteiger partial charge on any atom is -0.385 e. The van der Waals surface area contributed by atoms with Crippen molar-refractivity contribution in [2.24, 2.45) is 0 Å². The van der Waals surface area contributed by atoms with Crippen LogP contribution < -0.4 is 5.32 Å². The predicted octanol–water partition coefficient (Wildman–Crippen LogP) is 5.79. The van der Waals surface area contributed by atoms with Gasteiger partial charge in [-0.2, -0.15) is 0 Å². The van der Waals surface area contributed by atoms with Crippen LogP contribution in [0.1, 0.15) is 87.9 Å². The monoisotopic (exact) mass is 331 g/mol. The van der Waals surface area contributed by atoms with Crippen LogP contribution in [0.25, 0.3) is 0 Å². The standard InChI is InChI=1S/C21H33NO2/c1-2-3-4-5-6-7-8-9-10-11-12-17-22-20-15-13-19(14-16-20)21(24)18-23/h13-16,18,22H,2-12,17H2,1H3. The maximum atomic E-state index is 11.2. The van der Waals surface area contributed by atoms with Gasteiger partial charge in [-0.15, -0.1) is 0 Å². The number of benzene rings is 1. The molecule has 0 saturated heterocycles. The molecule has 0 fully saturated rings. The molecule has 3 nitrogen and oxygen atoms in total. The molecule has 0 aliphatic heterocycles. The number of anilines is 1. The SMILES string of the molecule is CCCCCCCCCCCCCNc1ccc(C(=O)C=O)cc1. The van der Waals surface area contributed by atoms with Gasteiger partial charge in [0.25, 0.3) is 0 Å². The molecular weight excluding hydrogens is 298 g/mol. The van der Waals surface area contributed by atoms with Crippen molar-refractivity contribution in [1.82, 2.24) is 0 Å². The van der Waals surface area contributed by atoms with E-state index in [0.29, 0.717) is 11.8 Å². The van der Waals surface area contributed by atoms with Gasteiger partial charge in [0, 0.05) is 17.8 Å². The number of ketones is 1. The molecule has 0 saturated carbocycles. The van der Waals surface area contributed by atoms with Crippen molar-refractivity contribution >= 4 is 17.8 Å². The topological polar surface area (TPSA) is 46.2 Å². The summed E-state index contributed by atoms with van der Waals surface area (Å²) in [7, 11) is 0. The second kappa shape index (κ2) is 13.8. The minimum atomic E-state index is -0.466. The first kappa shape index (κ1) is 20.4. The van der Waals surface area contributed by atoms with Gasteiger partial charge in [0.1, 0.15) is 0 Å². The van der Waals surface area contributed by atoms with Crippen molar-refractivity contribution in [1.29, 1.82) is 0 Å². The average molecular weight is 332 g/mol. The number of carbonyl (C=O) groups is 2. The maximum Gasteiger partial charge on any atom is 0.225 e. The van der Waals surface area contributed by atoms with Crippen molar-refractivity contribution in [3.8, 4) is 0 Å². The Kier molecular flexibility index (Phi) is 11.7. The van der Waals surface area contributed by atoms with Gasteiger partial charge in [-0.05, 0) is 30.7 Å². The highest BCUT2D eigenvalue weighted by Crippen LogP contribution is 2.12. The van der Waals surface area contributed by atoms with Crippen LogP contribution in [-0.4, -0.2) is 18.6 Å². The number of hydrogen-bond acceptors (Lipinski definition) is 3. The summed E-state index contributed by atoms with van der Waals surface area (Å²) >= 11 is 0. The second-order valence-electron chi connectivity index (χ2n) is 6.52. The number of carbonyl (C=O) groups excluding carboxylic acids is 2. The Morgan fingerprint density at radius 1 is 0.833 bits per heavy atom. The number of aldehydes is 1. The second-order valence-corrected chi connectivity index (χ2v) is 6.52. The van der Waals surface area contributed by atoms with E-state index in [1.54, 1.807) is 12.1 Å². The van der Waals surface area contributed by atoms with Crippen LogP contribution in [0, 0.1) is 0 Å². The van der Waals surface area contributed by atoms with E-state index < -0.39 is 5.78 Å². The molecule has 0 aromatic heterocycles. The molecule has 24 heavy (non-hydrogen) atoms. The Hall–Kier alpha value is -1.64. The van der Waals surface area contributed by atoms with Gasteiger partial charge in [0.2, 0.25) is 5.78 Å². The third-order valence-corrected chi connectivity index (χ3v) is 4.39. The normalized spacial score (nSPS) is 10.5. The molecule has 1 N–H and O–H groups in total. The van der Waals surface area contributed by atoms with E-state index in [9.17, 15) is 9.59 Å². The lowest BCUT2D eigenvalue weighted by atomic mass is 10.1. The number of unbranched alkanes of at least 4 members (excludes halogenated alkanes) is 10. The van der Waals surface area contributed by atoms with E-state index in [2.05, 4.69) is 12.2 Å². The first-order valence-corrected chi connectivity index (χ1v) is 9.61. The third-order valence-electron chi connectivity index (χ3n) is 4.39. The molecule has 0 radical (unpaired) electrons.